The molecule has 0 radical (unpaired) electrons. The van der Waals surface area contributed by atoms with Gasteiger partial charge in [-0.3, -0.25) is 4.98 Å². The number of furan rings is 1. The molecule has 0 aliphatic rings. The molecule has 2 heterocycles. The molecule has 0 aliphatic heterocycles. The Morgan fingerprint density at radius 1 is 1.22 bits per heavy atom. The molecule has 0 saturated heterocycles. The van der Waals surface area contributed by atoms with Crippen LogP contribution < -0.4 is 10.1 Å². The van der Waals surface area contributed by atoms with Crippen LogP contribution in [0.2, 0.25) is 0 Å². The number of aromatic nitrogens is 1. The Morgan fingerprint density at radius 3 is 2.72 bits per heavy atom. The summed E-state index contributed by atoms with van der Waals surface area (Å²) in [6.45, 7) is 5.29. The smallest absolute Gasteiger partial charge is 0.122 e. The Kier molecular flexibility index (Phi) is 3.99. The fourth-order valence-corrected chi connectivity index (χ4v) is 1.81. The molecule has 4 nitrogen and oxygen atoms in total. The quantitative estimate of drug-likeness (QED) is 0.881. The van der Waals surface area contributed by atoms with Crippen molar-refractivity contribution in [1.82, 2.24) is 10.3 Å². The van der Waals surface area contributed by atoms with Crippen molar-refractivity contribution < 1.29 is 9.15 Å². The molecule has 18 heavy (non-hydrogen) atoms. The van der Waals surface area contributed by atoms with Crippen LogP contribution in [0.3, 0.4) is 0 Å². The number of ether oxygens (including phenoxy) is 1. The molecule has 4 heteroatoms. The number of methoxy groups -OCH3 is 1. The Bertz CT molecular complexity index is 520. The Balaban J connectivity index is 1.91. The molecule has 96 valence electrons. The average molecular weight is 246 g/mol. The SMILES string of the molecule is COc1cc(C)nc(CNCc2ccc(C)o2)c1. The minimum Gasteiger partial charge on any atom is -0.497 e. The van der Waals surface area contributed by atoms with Crippen molar-refractivity contribution in [2.75, 3.05) is 7.11 Å². The zero-order valence-electron chi connectivity index (χ0n) is 11.0. The number of nitrogens with zero attached hydrogens (tertiary/aromatic N) is 1. The summed E-state index contributed by atoms with van der Waals surface area (Å²) < 4.78 is 10.7. The predicted molar refractivity (Wildman–Crippen MR) is 69.5 cm³/mol. The highest BCUT2D eigenvalue weighted by Crippen LogP contribution is 2.13. The lowest BCUT2D eigenvalue weighted by molar-refractivity contribution is 0.412. The van der Waals surface area contributed by atoms with Gasteiger partial charge in [0, 0.05) is 24.4 Å². The van der Waals surface area contributed by atoms with Crippen molar-refractivity contribution in [3.8, 4) is 5.75 Å². The molecule has 0 saturated carbocycles. The molecule has 0 aliphatic carbocycles. The van der Waals surface area contributed by atoms with E-state index in [4.69, 9.17) is 9.15 Å². The maximum Gasteiger partial charge on any atom is 0.122 e. The van der Waals surface area contributed by atoms with Gasteiger partial charge in [-0.1, -0.05) is 0 Å². The third-order valence-electron chi connectivity index (χ3n) is 2.62. The highest BCUT2D eigenvalue weighted by molar-refractivity contribution is 5.26. The molecule has 0 unspecified atom stereocenters. The van der Waals surface area contributed by atoms with E-state index >= 15 is 0 Å². The maximum atomic E-state index is 5.48. The van der Waals surface area contributed by atoms with Crippen molar-refractivity contribution in [1.29, 1.82) is 0 Å². The zero-order chi connectivity index (χ0) is 13.0. The van der Waals surface area contributed by atoms with E-state index in [1.165, 1.54) is 0 Å². The third-order valence-corrected chi connectivity index (χ3v) is 2.62. The number of hydrogen-bond donors (Lipinski definition) is 1. The van der Waals surface area contributed by atoms with E-state index in [1.54, 1.807) is 7.11 Å². The molecule has 0 bridgehead atoms. The molecular formula is C14H18N2O2. The summed E-state index contributed by atoms with van der Waals surface area (Å²) in [5.74, 6) is 2.71. The van der Waals surface area contributed by atoms with Gasteiger partial charge >= 0.3 is 0 Å². The van der Waals surface area contributed by atoms with Gasteiger partial charge in [-0.2, -0.15) is 0 Å². The first-order valence-electron chi connectivity index (χ1n) is 5.95. The van der Waals surface area contributed by atoms with E-state index in [1.807, 2.05) is 38.1 Å². The molecule has 0 atom stereocenters. The summed E-state index contributed by atoms with van der Waals surface area (Å²) in [4.78, 5) is 4.45. The van der Waals surface area contributed by atoms with Crippen molar-refractivity contribution in [3.63, 3.8) is 0 Å². The van der Waals surface area contributed by atoms with Gasteiger partial charge in [0.25, 0.3) is 0 Å². The largest absolute Gasteiger partial charge is 0.497 e. The summed E-state index contributed by atoms with van der Waals surface area (Å²) >= 11 is 0. The molecule has 0 amide bonds. The molecule has 2 rings (SSSR count). The van der Waals surface area contributed by atoms with Gasteiger partial charge in [0.15, 0.2) is 0 Å². The van der Waals surface area contributed by atoms with Crippen LogP contribution in [-0.2, 0) is 13.1 Å². The summed E-state index contributed by atoms with van der Waals surface area (Å²) in [7, 11) is 1.66. The lowest BCUT2D eigenvalue weighted by Gasteiger charge is -2.06. The first-order valence-corrected chi connectivity index (χ1v) is 5.95. The van der Waals surface area contributed by atoms with Crippen molar-refractivity contribution in [3.05, 3.63) is 47.2 Å². The number of pyridine rings is 1. The van der Waals surface area contributed by atoms with Crippen LogP contribution in [0.1, 0.15) is 22.9 Å². The monoisotopic (exact) mass is 246 g/mol. The molecular weight excluding hydrogens is 228 g/mol. The zero-order valence-corrected chi connectivity index (χ0v) is 11.0. The first kappa shape index (κ1) is 12.6. The van der Waals surface area contributed by atoms with Crippen molar-refractivity contribution in [2.24, 2.45) is 0 Å². The Hall–Kier alpha value is -1.81. The standard InChI is InChI=1S/C14H18N2O2/c1-10-6-14(17-3)7-12(16-10)8-15-9-13-5-4-11(2)18-13/h4-7,15H,8-9H2,1-3H3. The topological polar surface area (TPSA) is 47.3 Å². The minimum atomic E-state index is 0.692. The Morgan fingerprint density at radius 2 is 2.06 bits per heavy atom. The van der Waals surface area contributed by atoms with E-state index in [0.717, 1.165) is 28.7 Å². The second-order valence-electron chi connectivity index (χ2n) is 4.26. The van der Waals surface area contributed by atoms with Gasteiger partial charge in [0.05, 0.1) is 19.3 Å². The lowest BCUT2D eigenvalue weighted by Crippen LogP contribution is -2.13. The number of rotatable bonds is 5. The highest BCUT2D eigenvalue weighted by atomic mass is 16.5. The molecule has 0 aromatic carbocycles. The summed E-state index contributed by atoms with van der Waals surface area (Å²) in [5, 5.41) is 3.30. The van der Waals surface area contributed by atoms with E-state index in [2.05, 4.69) is 10.3 Å². The molecule has 2 aromatic rings. The Labute approximate surface area is 107 Å². The van der Waals surface area contributed by atoms with E-state index in [0.29, 0.717) is 13.1 Å². The third kappa shape index (κ3) is 3.34. The van der Waals surface area contributed by atoms with Crippen LogP contribution in [0.25, 0.3) is 0 Å². The van der Waals surface area contributed by atoms with Gasteiger partial charge in [0.2, 0.25) is 0 Å². The van der Waals surface area contributed by atoms with Gasteiger partial charge in [-0.05, 0) is 26.0 Å². The number of aryl methyl sites for hydroxylation is 2. The maximum absolute atomic E-state index is 5.48. The average Bonchev–Trinajstić information content (AvgIpc) is 2.74. The second-order valence-corrected chi connectivity index (χ2v) is 4.26. The second kappa shape index (κ2) is 5.69. The fourth-order valence-electron chi connectivity index (χ4n) is 1.81. The normalized spacial score (nSPS) is 10.6. The summed E-state index contributed by atoms with van der Waals surface area (Å²) in [6, 6.07) is 7.80. The van der Waals surface area contributed by atoms with E-state index < -0.39 is 0 Å². The molecule has 1 N–H and O–H groups in total. The summed E-state index contributed by atoms with van der Waals surface area (Å²) in [6.07, 6.45) is 0. The lowest BCUT2D eigenvalue weighted by atomic mass is 10.3. The van der Waals surface area contributed by atoms with Crippen LogP contribution in [0, 0.1) is 13.8 Å². The number of hydrogen-bond acceptors (Lipinski definition) is 4. The van der Waals surface area contributed by atoms with Gasteiger partial charge in [-0.25, -0.2) is 0 Å². The van der Waals surface area contributed by atoms with Crippen molar-refractivity contribution in [2.45, 2.75) is 26.9 Å². The van der Waals surface area contributed by atoms with Gasteiger partial charge < -0.3 is 14.5 Å². The van der Waals surface area contributed by atoms with Crippen molar-refractivity contribution >= 4 is 0 Å². The summed E-state index contributed by atoms with van der Waals surface area (Å²) in [5.41, 5.74) is 1.93. The molecule has 0 fully saturated rings. The minimum absolute atomic E-state index is 0.692. The predicted octanol–water partition coefficient (Wildman–Crippen LogP) is 2.59. The van der Waals surface area contributed by atoms with Crippen LogP contribution in [0.15, 0.2) is 28.7 Å². The molecule has 0 spiro atoms. The van der Waals surface area contributed by atoms with Crippen LogP contribution in [-0.4, -0.2) is 12.1 Å². The fraction of sp³-hybridized carbons (Fsp3) is 0.357. The van der Waals surface area contributed by atoms with Crippen LogP contribution >= 0.6 is 0 Å². The van der Waals surface area contributed by atoms with Crippen LogP contribution in [0.4, 0.5) is 0 Å². The number of nitrogens with one attached hydrogen (secondary N) is 1. The highest BCUT2D eigenvalue weighted by Gasteiger charge is 2.02. The van der Waals surface area contributed by atoms with E-state index in [9.17, 15) is 0 Å². The van der Waals surface area contributed by atoms with Gasteiger partial charge in [0.1, 0.15) is 17.3 Å². The van der Waals surface area contributed by atoms with E-state index in [-0.39, 0.29) is 0 Å². The van der Waals surface area contributed by atoms with Crippen LogP contribution in [0.5, 0.6) is 5.75 Å². The molecule has 2 aromatic heterocycles. The first-order chi connectivity index (χ1) is 8.67. The van der Waals surface area contributed by atoms with Gasteiger partial charge in [-0.15, -0.1) is 0 Å².